The van der Waals surface area contributed by atoms with Gasteiger partial charge < -0.3 is 8.98 Å². The van der Waals surface area contributed by atoms with Crippen LogP contribution in [0.4, 0.5) is 0 Å². The Balaban J connectivity index is 0.000000205. The number of imidazole rings is 1. The van der Waals surface area contributed by atoms with Gasteiger partial charge in [-0.25, -0.2) is 4.98 Å². The molecule has 54 heavy (non-hydrogen) atoms. The summed E-state index contributed by atoms with van der Waals surface area (Å²) in [6, 6.07) is 41.9. The van der Waals surface area contributed by atoms with E-state index in [9.17, 15) is 0 Å². The maximum absolute atomic E-state index is 6.45. The predicted octanol–water partition coefficient (Wildman–Crippen LogP) is 11.7. The zero-order valence-electron chi connectivity index (χ0n) is 32.7. The van der Waals surface area contributed by atoms with Gasteiger partial charge in [0.1, 0.15) is 0 Å². The van der Waals surface area contributed by atoms with Crippen LogP contribution >= 0.6 is 0 Å². The monoisotopic (exact) mass is 951 g/mol. The Morgan fingerprint density at radius 2 is 1.57 bits per heavy atom. The van der Waals surface area contributed by atoms with Crippen LogP contribution in [0, 0.1) is 25.0 Å². The van der Waals surface area contributed by atoms with E-state index in [1.807, 2.05) is 60.7 Å². The molecule has 0 saturated carbocycles. The van der Waals surface area contributed by atoms with Crippen LogP contribution in [0.3, 0.4) is 0 Å². The number of nitrogens with zero attached hydrogens (tertiary/aromatic N) is 4. The minimum atomic E-state index is -1.86. The van der Waals surface area contributed by atoms with E-state index in [2.05, 4.69) is 124 Å². The standard InChI is InChI=1S/C29H24N3O.C18H24GeN.Ir/c1-18-14-15-21(26-25(18)20-16-17-24(29(2,3)4)31-28(20)33-26)27-30-22-12-8-9-13-23(22)32(27)19-10-6-5-7-11-19;1-14(2)11-16-12-18(15-9-7-6-8-10-15)20-13-17(16)19(3,4)5;/h5-14,16-17H,1-4H3;6-9,12-14H,11H2,1-5H3;/q2*-1;. The third-order valence-electron chi connectivity index (χ3n) is 9.59. The summed E-state index contributed by atoms with van der Waals surface area (Å²) in [5.74, 6) is 8.80. The van der Waals surface area contributed by atoms with Gasteiger partial charge in [0.25, 0.3) is 0 Å². The molecule has 0 spiro atoms. The first-order valence-electron chi connectivity index (χ1n) is 18.5. The van der Waals surface area contributed by atoms with Crippen LogP contribution in [0.25, 0.3) is 61.4 Å². The Morgan fingerprint density at radius 3 is 2.26 bits per heavy atom. The molecule has 0 aliphatic rings. The number of furan rings is 1. The molecule has 0 aliphatic heterocycles. The van der Waals surface area contributed by atoms with E-state index >= 15 is 0 Å². The Hall–Kier alpha value is -4.36. The summed E-state index contributed by atoms with van der Waals surface area (Å²) in [5, 5.41) is 2.09. The molecule has 0 amide bonds. The summed E-state index contributed by atoms with van der Waals surface area (Å²) in [6.45, 7) is 13.2. The molecular weight excluding hydrogens is 901 g/mol. The largest absolute Gasteiger partial charge is 0.486 e. The number of fused-ring (bicyclic) bond motifs is 4. The fourth-order valence-electron chi connectivity index (χ4n) is 6.96. The number of hydrogen-bond acceptors (Lipinski definition) is 4. The van der Waals surface area contributed by atoms with Gasteiger partial charge in [0.2, 0.25) is 5.71 Å². The van der Waals surface area contributed by atoms with Crippen molar-refractivity contribution in [2.45, 2.75) is 70.6 Å². The fraction of sp³-hybridized carbons (Fsp3) is 0.255. The zero-order chi connectivity index (χ0) is 37.5. The van der Waals surface area contributed by atoms with Crippen molar-refractivity contribution in [3.05, 3.63) is 138 Å². The van der Waals surface area contributed by atoms with E-state index in [1.54, 1.807) is 4.40 Å². The van der Waals surface area contributed by atoms with Crippen molar-refractivity contribution in [3.8, 4) is 28.3 Å². The van der Waals surface area contributed by atoms with Crippen molar-refractivity contribution in [3.63, 3.8) is 0 Å². The molecule has 5 nitrogen and oxygen atoms in total. The van der Waals surface area contributed by atoms with Crippen molar-refractivity contribution in [2.24, 2.45) is 5.92 Å². The molecule has 0 aliphatic carbocycles. The van der Waals surface area contributed by atoms with Gasteiger partial charge in [0.05, 0.1) is 22.4 Å². The quantitative estimate of drug-likeness (QED) is 0.123. The van der Waals surface area contributed by atoms with E-state index in [0.717, 1.165) is 73.4 Å². The number of hydrogen-bond donors (Lipinski definition) is 0. The van der Waals surface area contributed by atoms with Crippen LogP contribution in [-0.4, -0.2) is 32.8 Å². The van der Waals surface area contributed by atoms with Gasteiger partial charge in [0, 0.05) is 42.3 Å². The number of pyridine rings is 2. The Morgan fingerprint density at radius 1 is 0.852 bits per heavy atom. The van der Waals surface area contributed by atoms with Crippen LogP contribution in [0.2, 0.25) is 17.3 Å². The van der Waals surface area contributed by atoms with Crippen LogP contribution in [0.5, 0.6) is 0 Å². The molecule has 0 atom stereocenters. The average Bonchev–Trinajstić information content (AvgIpc) is 3.71. The molecule has 0 saturated heterocycles. The summed E-state index contributed by atoms with van der Waals surface area (Å²) in [6.07, 6.45) is 3.27. The summed E-state index contributed by atoms with van der Waals surface area (Å²) in [5.41, 5.74) is 11.0. The summed E-state index contributed by atoms with van der Waals surface area (Å²) in [7, 11) is 0. The van der Waals surface area contributed by atoms with Gasteiger partial charge in [-0.1, -0.05) is 69.0 Å². The first-order chi connectivity index (χ1) is 25.3. The fourth-order valence-corrected chi connectivity index (χ4v) is 10.3. The maximum Gasteiger partial charge on any atom is 0.216 e. The molecule has 4 aromatic heterocycles. The van der Waals surface area contributed by atoms with E-state index in [4.69, 9.17) is 19.4 Å². The molecular formula is C47H48GeIrN4O-2. The second-order valence-corrected chi connectivity index (χ2v) is 27.0. The first-order valence-corrected chi connectivity index (χ1v) is 25.9. The van der Waals surface area contributed by atoms with Gasteiger partial charge in [0.15, 0.2) is 0 Å². The van der Waals surface area contributed by atoms with E-state index in [-0.39, 0.29) is 25.5 Å². The number of aromatic nitrogens is 4. The van der Waals surface area contributed by atoms with Crippen molar-refractivity contribution in [1.82, 2.24) is 19.5 Å². The Labute approximate surface area is 336 Å². The molecule has 7 heteroatoms. The van der Waals surface area contributed by atoms with Gasteiger partial charge in [-0.15, -0.1) is 17.7 Å². The van der Waals surface area contributed by atoms with E-state index in [0.29, 0.717) is 11.6 Å². The molecule has 1 radical (unpaired) electrons. The molecule has 277 valence electrons. The van der Waals surface area contributed by atoms with Crippen LogP contribution < -0.4 is 4.40 Å². The maximum atomic E-state index is 6.45. The van der Waals surface area contributed by atoms with Gasteiger partial charge in [-0.05, 0) is 36.4 Å². The van der Waals surface area contributed by atoms with E-state index in [1.165, 1.54) is 5.56 Å². The molecule has 8 rings (SSSR count). The van der Waals surface area contributed by atoms with Crippen molar-refractivity contribution in [1.29, 1.82) is 0 Å². The van der Waals surface area contributed by atoms with Crippen LogP contribution in [0.1, 0.15) is 51.4 Å². The van der Waals surface area contributed by atoms with Crippen molar-refractivity contribution < 1.29 is 24.5 Å². The van der Waals surface area contributed by atoms with Gasteiger partial charge >= 0.3 is 126 Å². The van der Waals surface area contributed by atoms with Crippen molar-refractivity contribution >= 4 is 50.8 Å². The molecule has 8 aromatic rings. The predicted molar refractivity (Wildman–Crippen MR) is 224 cm³/mol. The van der Waals surface area contributed by atoms with Crippen LogP contribution in [0.15, 0.2) is 114 Å². The third-order valence-corrected chi connectivity index (χ3v) is 13.9. The molecule has 4 aromatic carbocycles. The summed E-state index contributed by atoms with van der Waals surface area (Å²) in [4.78, 5) is 14.6. The molecule has 0 unspecified atom stereocenters. The number of para-hydroxylation sites is 3. The minimum Gasteiger partial charge on any atom is -0.486 e. The SMILES string of the molecule is CC(C)Cc1cc(-c2[c-]cccc2)nc[c]1[Ge]([CH3])([CH3])[CH3].Cc1c[c-]c(-c2nc3ccccc3n2-c2ccccc2)c2oc3nc(C(C)(C)C)ccc3c12.[Ir]. The van der Waals surface area contributed by atoms with Gasteiger partial charge in [-0.3, -0.25) is 4.98 Å². The third kappa shape index (κ3) is 8.03. The first kappa shape index (κ1) is 39.3. The Bertz CT molecular complexity index is 2540. The molecule has 0 bridgehead atoms. The molecule has 4 heterocycles. The zero-order valence-corrected chi connectivity index (χ0v) is 37.2. The average molecular weight is 950 g/mol. The number of rotatable bonds is 6. The second kappa shape index (κ2) is 15.8. The minimum absolute atomic E-state index is 0. The smallest absolute Gasteiger partial charge is 0.216 e. The van der Waals surface area contributed by atoms with Crippen LogP contribution in [-0.2, 0) is 31.9 Å². The normalized spacial score (nSPS) is 11.9. The summed E-state index contributed by atoms with van der Waals surface area (Å²) < 4.78 is 10.2. The molecule has 0 fully saturated rings. The Kier molecular flexibility index (Phi) is 11.5. The topological polar surface area (TPSA) is 56.7 Å². The summed E-state index contributed by atoms with van der Waals surface area (Å²) >= 11 is -1.86. The number of aryl methyl sites for hydroxylation is 1. The number of benzene rings is 4. The second-order valence-electron chi connectivity index (χ2n) is 16.4. The molecule has 0 N–H and O–H groups in total. The van der Waals surface area contributed by atoms with E-state index < -0.39 is 13.3 Å². The van der Waals surface area contributed by atoms with Crippen molar-refractivity contribution in [2.75, 3.05) is 0 Å². The van der Waals surface area contributed by atoms with Gasteiger partial charge in [-0.2, -0.15) is 0 Å².